The van der Waals surface area contributed by atoms with E-state index in [2.05, 4.69) is 13.5 Å². The van der Waals surface area contributed by atoms with Crippen LogP contribution >= 0.6 is 0 Å². The fraction of sp³-hybridized carbons (Fsp3) is 0.526. The van der Waals surface area contributed by atoms with E-state index in [0.29, 0.717) is 24.3 Å². The summed E-state index contributed by atoms with van der Waals surface area (Å²) < 4.78 is 16.8. The highest BCUT2D eigenvalue weighted by Gasteiger charge is 2.67. The lowest BCUT2D eigenvalue weighted by Crippen LogP contribution is -2.55. The summed E-state index contributed by atoms with van der Waals surface area (Å²) in [4.78, 5) is 12.5. The maximum atomic E-state index is 12.5. The molecule has 0 amide bonds. The van der Waals surface area contributed by atoms with Crippen molar-refractivity contribution in [3.05, 3.63) is 36.4 Å². The zero-order valence-electron chi connectivity index (χ0n) is 13.8. The third-order valence-electron chi connectivity index (χ3n) is 5.94. The van der Waals surface area contributed by atoms with Crippen LogP contribution in [0.2, 0.25) is 0 Å². The van der Waals surface area contributed by atoms with E-state index in [1.807, 2.05) is 18.2 Å². The Kier molecular flexibility index (Phi) is 3.48. The highest BCUT2D eigenvalue weighted by molar-refractivity contribution is 5.88. The summed E-state index contributed by atoms with van der Waals surface area (Å²) in [6.45, 7) is 6.09. The molecule has 0 radical (unpaired) electrons. The van der Waals surface area contributed by atoms with Gasteiger partial charge in [-0.25, -0.2) is 0 Å². The molecule has 4 unspecified atom stereocenters. The molecule has 1 N–H and O–H groups in total. The number of hydrogen-bond acceptors (Lipinski definition) is 5. The molecule has 4 rings (SSSR count). The van der Waals surface area contributed by atoms with Crippen LogP contribution in [0.15, 0.2) is 30.9 Å². The van der Waals surface area contributed by atoms with Crippen LogP contribution in [0.5, 0.6) is 11.5 Å². The number of Topliss-reactive ketones (excluding diaryl/α,β-unsaturated/α-hetero) is 1. The van der Waals surface area contributed by atoms with E-state index < -0.39 is 11.2 Å². The lowest BCUT2D eigenvalue weighted by Gasteiger charge is -2.44. The largest absolute Gasteiger partial charge is 0.454 e. The summed E-state index contributed by atoms with van der Waals surface area (Å²) in [5, 5.41) is 11.2. The van der Waals surface area contributed by atoms with E-state index in [1.54, 1.807) is 6.08 Å². The van der Waals surface area contributed by atoms with Gasteiger partial charge in [0.15, 0.2) is 17.3 Å². The normalized spacial score (nSPS) is 37.3. The van der Waals surface area contributed by atoms with Gasteiger partial charge in [-0.15, -0.1) is 6.58 Å². The van der Waals surface area contributed by atoms with Crippen LogP contribution in [0.25, 0.3) is 0 Å². The van der Waals surface area contributed by atoms with Crippen LogP contribution < -0.4 is 9.47 Å². The molecule has 1 aromatic rings. The SMILES string of the molecule is C=CCC12CCCC(=O)C1(O)OC(c1ccc3c(c1)OCO3)C2C. The number of fused-ring (bicyclic) bond motifs is 2. The standard InChI is InChI=1S/C19H22O5/c1-3-8-18-9-4-5-16(20)19(18,21)24-17(12(18)2)13-6-7-14-15(10-13)23-11-22-14/h3,6-7,10,12,17,21H,1,4-5,8-9,11H2,2H3. The van der Waals surface area contributed by atoms with Gasteiger partial charge in [-0.2, -0.15) is 0 Å². The van der Waals surface area contributed by atoms with Crippen molar-refractivity contribution in [2.75, 3.05) is 6.79 Å². The Hall–Kier alpha value is -1.85. The van der Waals surface area contributed by atoms with Gasteiger partial charge < -0.3 is 19.3 Å². The molecule has 5 heteroatoms. The summed E-state index contributed by atoms with van der Waals surface area (Å²) in [7, 11) is 0. The molecule has 5 nitrogen and oxygen atoms in total. The second-order valence-corrected chi connectivity index (χ2v) is 7.01. The molecule has 24 heavy (non-hydrogen) atoms. The van der Waals surface area contributed by atoms with Crippen molar-refractivity contribution >= 4 is 5.78 Å². The molecule has 4 atom stereocenters. The van der Waals surface area contributed by atoms with E-state index in [1.165, 1.54) is 0 Å². The van der Waals surface area contributed by atoms with Gasteiger partial charge in [0.2, 0.25) is 12.6 Å². The number of hydrogen-bond donors (Lipinski definition) is 1. The van der Waals surface area contributed by atoms with Crippen molar-refractivity contribution in [2.45, 2.75) is 44.5 Å². The van der Waals surface area contributed by atoms with Crippen LogP contribution in [-0.2, 0) is 9.53 Å². The van der Waals surface area contributed by atoms with Gasteiger partial charge in [-0.1, -0.05) is 19.1 Å². The van der Waals surface area contributed by atoms with Gasteiger partial charge in [0.1, 0.15) is 0 Å². The van der Waals surface area contributed by atoms with Gasteiger partial charge >= 0.3 is 0 Å². The Morgan fingerprint density at radius 2 is 2.17 bits per heavy atom. The van der Waals surface area contributed by atoms with Crippen LogP contribution in [0.4, 0.5) is 0 Å². The highest BCUT2D eigenvalue weighted by atomic mass is 16.7. The molecular formula is C19H22O5. The molecule has 0 bridgehead atoms. The summed E-state index contributed by atoms with van der Waals surface area (Å²) in [5.41, 5.74) is 0.274. The summed E-state index contributed by atoms with van der Waals surface area (Å²) in [6, 6.07) is 5.65. The van der Waals surface area contributed by atoms with Gasteiger partial charge in [0.25, 0.3) is 0 Å². The molecule has 1 saturated carbocycles. The molecule has 0 aromatic heterocycles. The Bertz CT molecular complexity index is 699. The first-order chi connectivity index (χ1) is 11.5. The molecule has 2 aliphatic heterocycles. The molecule has 2 heterocycles. The number of benzene rings is 1. The number of rotatable bonds is 3. The number of ketones is 1. The Morgan fingerprint density at radius 1 is 1.38 bits per heavy atom. The van der Waals surface area contributed by atoms with E-state index in [9.17, 15) is 9.90 Å². The quantitative estimate of drug-likeness (QED) is 0.863. The smallest absolute Gasteiger partial charge is 0.233 e. The summed E-state index contributed by atoms with van der Waals surface area (Å²) in [6.07, 6.45) is 3.85. The molecular weight excluding hydrogens is 308 g/mol. The van der Waals surface area contributed by atoms with Gasteiger partial charge in [0.05, 0.1) is 6.10 Å². The number of carbonyl (C=O) groups excluding carboxylic acids is 1. The zero-order chi connectivity index (χ0) is 16.9. The van der Waals surface area contributed by atoms with E-state index >= 15 is 0 Å². The Balaban J connectivity index is 1.76. The number of carbonyl (C=O) groups is 1. The average molecular weight is 330 g/mol. The number of aliphatic hydroxyl groups is 1. The van der Waals surface area contributed by atoms with Crippen LogP contribution in [0.3, 0.4) is 0 Å². The number of allylic oxidation sites excluding steroid dienone is 1. The average Bonchev–Trinajstić information content (AvgIpc) is 3.12. The highest BCUT2D eigenvalue weighted by Crippen LogP contribution is 2.62. The second-order valence-electron chi connectivity index (χ2n) is 7.01. The maximum absolute atomic E-state index is 12.5. The predicted octanol–water partition coefficient (Wildman–Crippen LogP) is 3.13. The van der Waals surface area contributed by atoms with Crippen molar-refractivity contribution in [2.24, 2.45) is 11.3 Å². The minimum Gasteiger partial charge on any atom is -0.454 e. The first kappa shape index (κ1) is 15.7. The van der Waals surface area contributed by atoms with E-state index in [4.69, 9.17) is 14.2 Å². The Labute approximate surface area is 141 Å². The second kappa shape index (κ2) is 5.33. The minimum absolute atomic E-state index is 0.0230. The van der Waals surface area contributed by atoms with E-state index in [-0.39, 0.29) is 24.6 Å². The van der Waals surface area contributed by atoms with Crippen LogP contribution in [0, 0.1) is 11.3 Å². The predicted molar refractivity (Wildman–Crippen MR) is 86.6 cm³/mol. The van der Waals surface area contributed by atoms with Gasteiger partial charge in [0, 0.05) is 11.8 Å². The topological polar surface area (TPSA) is 65.0 Å². The first-order valence-corrected chi connectivity index (χ1v) is 8.46. The third kappa shape index (κ3) is 1.91. The number of ether oxygens (including phenoxy) is 3. The van der Waals surface area contributed by atoms with Crippen molar-refractivity contribution in [1.29, 1.82) is 0 Å². The van der Waals surface area contributed by atoms with Crippen molar-refractivity contribution in [3.8, 4) is 11.5 Å². The zero-order valence-corrected chi connectivity index (χ0v) is 13.8. The molecule has 3 aliphatic rings. The molecule has 1 aromatic carbocycles. The summed E-state index contributed by atoms with van der Waals surface area (Å²) >= 11 is 0. The van der Waals surface area contributed by atoms with Crippen molar-refractivity contribution in [1.82, 2.24) is 0 Å². The van der Waals surface area contributed by atoms with Gasteiger partial charge in [-0.05, 0) is 42.9 Å². The Morgan fingerprint density at radius 3 is 2.96 bits per heavy atom. The van der Waals surface area contributed by atoms with Crippen LogP contribution in [-0.4, -0.2) is 23.5 Å². The maximum Gasteiger partial charge on any atom is 0.233 e. The molecule has 2 fully saturated rings. The molecule has 1 aliphatic carbocycles. The minimum atomic E-state index is -1.74. The lowest BCUT2D eigenvalue weighted by atomic mass is 9.60. The molecule has 128 valence electrons. The monoisotopic (exact) mass is 330 g/mol. The third-order valence-corrected chi connectivity index (χ3v) is 5.94. The van der Waals surface area contributed by atoms with Crippen molar-refractivity contribution < 1.29 is 24.1 Å². The lowest BCUT2D eigenvalue weighted by molar-refractivity contribution is -0.239. The fourth-order valence-corrected chi connectivity index (χ4v) is 4.61. The van der Waals surface area contributed by atoms with E-state index in [0.717, 1.165) is 18.4 Å². The van der Waals surface area contributed by atoms with Gasteiger partial charge in [-0.3, -0.25) is 4.79 Å². The summed E-state index contributed by atoms with van der Waals surface area (Å²) in [5.74, 6) is -0.595. The van der Waals surface area contributed by atoms with Crippen LogP contribution in [0.1, 0.15) is 44.3 Å². The van der Waals surface area contributed by atoms with Crippen molar-refractivity contribution in [3.63, 3.8) is 0 Å². The molecule has 1 saturated heterocycles. The fourth-order valence-electron chi connectivity index (χ4n) is 4.61. The first-order valence-electron chi connectivity index (χ1n) is 8.46. The molecule has 0 spiro atoms.